The minimum Gasteiger partial charge on any atom is -0.506 e. The first-order chi connectivity index (χ1) is 13.7. The van der Waals surface area contributed by atoms with Gasteiger partial charge in [0.15, 0.2) is 9.54 Å². The van der Waals surface area contributed by atoms with E-state index in [2.05, 4.69) is 29.9 Å². The predicted molar refractivity (Wildman–Crippen MR) is 110 cm³/mol. The first kappa shape index (κ1) is 19.9. The Kier molecular flexibility index (Phi) is 5.52. The van der Waals surface area contributed by atoms with Gasteiger partial charge in [-0.1, -0.05) is 0 Å². The second-order valence-corrected chi connectivity index (χ2v) is 6.35. The first-order valence-corrected chi connectivity index (χ1v) is 8.58. The highest BCUT2D eigenvalue weighted by molar-refractivity contribution is 7.71. The number of nitrogens with zero attached hydrogens (tertiary/aromatic N) is 2. The number of aromatic amines is 4. The normalized spacial score (nSPS) is 11.4. The molecule has 0 amide bonds. The summed E-state index contributed by atoms with van der Waals surface area (Å²) in [6.07, 6.45) is 2.15. The fourth-order valence-electron chi connectivity index (χ4n) is 2.18. The number of hydrogen-bond acceptors (Lipinski definition) is 9. The number of aliphatic imine (C=N–C) groups is 2. The van der Waals surface area contributed by atoms with Gasteiger partial charge in [0.05, 0.1) is 5.69 Å². The lowest BCUT2D eigenvalue weighted by molar-refractivity contribution is 0.448. The maximum atomic E-state index is 11.8. The third kappa shape index (κ3) is 4.53. The van der Waals surface area contributed by atoms with Crippen LogP contribution < -0.4 is 11.1 Å². The summed E-state index contributed by atoms with van der Waals surface area (Å²) in [6.45, 7) is 0. The Morgan fingerprint density at radius 2 is 1.31 bits per heavy atom. The number of aromatic nitrogens is 4. The highest BCUT2D eigenvalue weighted by Gasteiger charge is 2.07. The van der Waals surface area contributed by atoms with Crippen LogP contribution >= 0.6 is 24.4 Å². The lowest BCUT2D eigenvalue weighted by Crippen LogP contribution is -2.13. The Hall–Kier alpha value is -3.84. The van der Waals surface area contributed by atoms with Gasteiger partial charge in [0.1, 0.15) is 22.6 Å². The summed E-state index contributed by atoms with van der Waals surface area (Å²) in [7, 11) is 0. The topological polar surface area (TPSA) is 183 Å². The number of nitrogens with one attached hydrogen (secondary N) is 4. The van der Waals surface area contributed by atoms with E-state index in [0.717, 1.165) is 12.4 Å². The van der Waals surface area contributed by atoms with Crippen LogP contribution in [0.5, 0.6) is 17.5 Å². The molecule has 2 heterocycles. The Morgan fingerprint density at radius 1 is 0.793 bits per heavy atom. The molecule has 0 aliphatic carbocycles. The van der Waals surface area contributed by atoms with Crippen LogP contribution in [0, 0.1) is 9.54 Å². The van der Waals surface area contributed by atoms with Crippen LogP contribution in [-0.4, -0.2) is 47.7 Å². The van der Waals surface area contributed by atoms with Crippen molar-refractivity contribution in [1.82, 2.24) is 19.9 Å². The number of phenolic OH excluding ortho intramolecular Hbond substituents is 1. The van der Waals surface area contributed by atoms with Gasteiger partial charge in [-0.2, -0.15) is 0 Å². The van der Waals surface area contributed by atoms with Crippen LogP contribution in [-0.2, 0) is 0 Å². The number of phenols is 1. The average Bonchev–Trinajstić information content (AvgIpc) is 2.61. The molecule has 148 valence electrons. The molecule has 2 aromatic heterocycles. The van der Waals surface area contributed by atoms with Gasteiger partial charge in [0.2, 0.25) is 11.8 Å². The first-order valence-electron chi connectivity index (χ1n) is 7.77. The minimum absolute atomic E-state index is 0.0330. The number of H-pyrrole nitrogens is 4. The summed E-state index contributed by atoms with van der Waals surface area (Å²) in [5.74, 6) is -1.18. The Labute approximate surface area is 170 Å². The smallest absolute Gasteiger partial charge is 0.264 e. The van der Waals surface area contributed by atoms with Gasteiger partial charge in [-0.05, 0) is 36.6 Å². The third-order valence-corrected chi connectivity index (χ3v) is 3.96. The van der Waals surface area contributed by atoms with Gasteiger partial charge in [0, 0.05) is 18.5 Å². The Morgan fingerprint density at radius 3 is 1.79 bits per heavy atom. The van der Waals surface area contributed by atoms with E-state index >= 15 is 0 Å². The minimum atomic E-state index is -0.650. The summed E-state index contributed by atoms with van der Waals surface area (Å²) in [5, 5.41) is 29.6. The van der Waals surface area contributed by atoms with Crippen molar-refractivity contribution in [2.75, 3.05) is 0 Å². The van der Waals surface area contributed by atoms with Crippen molar-refractivity contribution in [1.29, 1.82) is 0 Å². The van der Waals surface area contributed by atoms with Crippen LogP contribution in [0.4, 0.5) is 11.4 Å². The SMILES string of the molecule is O=c1[nH]c(=S)[nH]c(O)c1C=Nc1ccc(N=Cc2c(O)[nH]c(=S)[nH]c2=O)c(O)c1. The van der Waals surface area contributed by atoms with Crippen LogP contribution in [0.3, 0.4) is 0 Å². The van der Waals surface area contributed by atoms with Crippen molar-refractivity contribution in [3.8, 4) is 17.5 Å². The molecule has 11 nitrogen and oxygen atoms in total. The maximum absolute atomic E-state index is 11.8. The number of aromatic hydroxyl groups is 3. The lowest BCUT2D eigenvalue weighted by atomic mass is 10.2. The number of benzene rings is 1. The van der Waals surface area contributed by atoms with Crippen molar-refractivity contribution < 1.29 is 15.3 Å². The standard InChI is InChI=1S/C16H12N6O5S2/c23-10-3-6(17-4-7-11(24)19-15(28)20-12(7)25)1-2-9(10)18-5-8-13(26)21-16(29)22-14(8)27/h1-5,23H,(H3,19,20,24,25,28)(H3,21,22,26,27,29). The van der Waals surface area contributed by atoms with E-state index in [0.29, 0.717) is 0 Å². The zero-order valence-electron chi connectivity index (χ0n) is 14.3. The average molecular weight is 432 g/mol. The summed E-state index contributed by atoms with van der Waals surface area (Å²) in [6, 6.07) is 4.13. The van der Waals surface area contributed by atoms with Gasteiger partial charge in [-0.3, -0.25) is 29.5 Å². The molecule has 0 radical (unpaired) electrons. The molecule has 3 aromatic rings. The van der Waals surface area contributed by atoms with E-state index in [1.807, 2.05) is 0 Å². The maximum Gasteiger partial charge on any atom is 0.264 e. The molecule has 7 N–H and O–H groups in total. The van der Waals surface area contributed by atoms with Gasteiger partial charge in [-0.25, -0.2) is 0 Å². The van der Waals surface area contributed by atoms with E-state index in [1.165, 1.54) is 18.2 Å². The van der Waals surface area contributed by atoms with Gasteiger partial charge >= 0.3 is 0 Å². The quantitative estimate of drug-likeness (QED) is 0.242. The molecular weight excluding hydrogens is 420 g/mol. The van der Waals surface area contributed by atoms with Crippen LogP contribution in [0.2, 0.25) is 0 Å². The van der Waals surface area contributed by atoms with Gasteiger partial charge in [0.25, 0.3) is 11.1 Å². The van der Waals surface area contributed by atoms with Gasteiger partial charge in [-0.15, -0.1) is 0 Å². The summed E-state index contributed by atoms with van der Waals surface area (Å²) in [5.41, 5.74) is -1.25. The molecule has 0 atom stereocenters. The van der Waals surface area contributed by atoms with Crippen molar-refractivity contribution in [3.63, 3.8) is 0 Å². The molecular formula is C16H12N6O5S2. The molecule has 0 aliphatic rings. The Balaban J connectivity index is 1.88. The fourth-order valence-corrected chi connectivity index (χ4v) is 2.56. The fraction of sp³-hybridized carbons (Fsp3) is 0. The monoisotopic (exact) mass is 432 g/mol. The van der Waals surface area contributed by atoms with Crippen LogP contribution in [0.25, 0.3) is 0 Å². The molecule has 0 unspecified atom stereocenters. The van der Waals surface area contributed by atoms with Crippen molar-refractivity contribution in [3.05, 3.63) is 59.6 Å². The molecule has 3 rings (SSSR count). The van der Waals surface area contributed by atoms with Crippen LogP contribution in [0.15, 0.2) is 37.8 Å². The van der Waals surface area contributed by atoms with E-state index in [-0.39, 0.29) is 37.8 Å². The van der Waals surface area contributed by atoms with Gasteiger partial charge < -0.3 is 25.3 Å². The summed E-state index contributed by atoms with van der Waals surface area (Å²) >= 11 is 9.46. The predicted octanol–water partition coefficient (Wildman–Crippen LogP) is 1.80. The van der Waals surface area contributed by atoms with E-state index in [4.69, 9.17) is 24.4 Å². The lowest BCUT2D eigenvalue weighted by Gasteiger charge is -2.01. The third-order valence-electron chi connectivity index (χ3n) is 3.55. The molecule has 1 aromatic carbocycles. The molecule has 0 saturated heterocycles. The molecule has 0 fully saturated rings. The van der Waals surface area contributed by atoms with Crippen LogP contribution in [0.1, 0.15) is 11.1 Å². The van der Waals surface area contributed by atoms with Crippen molar-refractivity contribution in [2.24, 2.45) is 9.98 Å². The van der Waals surface area contributed by atoms with E-state index in [1.54, 1.807) is 0 Å². The zero-order valence-corrected chi connectivity index (χ0v) is 15.9. The molecule has 0 saturated carbocycles. The molecule has 29 heavy (non-hydrogen) atoms. The van der Waals surface area contributed by atoms with Crippen molar-refractivity contribution in [2.45, 2.75) is 0 Å². The highest BCUT2D eigenvalue weighted by atomic mass is 32.1. The summed E-state index contributed by atoms with van der Waals surface area (Å²) in [4.78, 5) is 40.9. The number of rotatable bonds is 4. The van der Waals surface area contributed by atoms with E-state index in [9.17, 15) is 24.9 Å². The molecule has 0 spiro atoms. The second kappa shape index (κ2) is 8.04. The van der Waals surface area contributed by atoms with E-state index < -0.39 is 22.9 Å². The van der Waals surface area contributed by atoms with Crippen molar-refractivity contribution >= 4 is 48.2 Å². The zero-order chi connectivity index (χ0) is 21.1. The number of hydrogen-bond donors (Lipinski definition) is 7. The molecule has 0 bridgehead atoms. The largest absolute Gasteiger partial charge is 0.506 e. The second-order valence-electron chi connectivity index (χ2n) is 5.53. The summed E-state index contributed by atoms with van der Waals surface area (Å²) < 4.78 is -0.0751. The molecule has 13 heteroatoms. The molecule has 0 aliphatic heterocycles. The Bertz CT molecular complexity index is 1380. The highest BCUT2D eigenvalue weighted by Crippen LogP contribution is 2.30.